The van der Waals surface area contributed by atoms with Gasteiger partial charge in [-0.05, 0) is 18.8 Å². The van der Waals surface area contributed by atoms with Gasteiger partial charge in [0.1, 0.15) is 0 Å². The zero-order valence-electron chi connectivity index (χ0n) is 28.0. The van der Waals surface area contributed by atoms with Gasteiger partial charge in [0.2, 0.25) is 0 Å². The second kappa shape index (κ2) is 32.8. The summed E-state index contributed by atoms with van der Waals surface area (Å²) in [6.45, 7) is 4.69. The van der Waals surface area contributed by atoms with Crippen LogP contribution in [0.3, 0.4) is 0 Å². The lowest BCUT2D eigenvalue weighted by molar-refractivity contribution is 0.204. The topological polar surface area (TPSA) is 63.6 Å². The molecule has 0 rings (SSSR count). The second-order valence-corrected chi connectivity index (χ2v) is 14.1. The molecule has 4 nitrogen and oxygen atoms in total. The lowest BCUT2D eigenvalue weighted by Crippen LogP contribution is -2.14. The minimum Gasteiger partial charge on any atom is -0.264 e. The van der Waals surface area contributed by atoms with E-state index in [1.54, 1.807) is 0 Å². The molecule has 0 bridgehead atoms. The largest absolute Gasteiger partial charge is 0.397 e. The van der Waals surface area contributed by atoms with Crippen LogP contribution in [0, 0.1) is 5.92 Å². The average molecular weight is 603 g/mol. The van der Waals surface area contributed by atoms with E-state index in [1.165, 1.54) is 180 Å². The van der Waals surface area contributed by atoms with E-state index in [2.05, 4.69) is 13.8 Å². The van der Waals surface area contributed by atoms with Crippen molar-refractivity contribution in [2.24, 2.45) is 5.92 Å². The lowest BCUT2D eigenvalue weighted by atomic mass is 9.94. The third-order valence-electron chi connectivity index (χ3n) is 8.88. The van der Waals surface area contributed by atoms with E-state index in [9.17, 15) is 8.42 Å². The summed E-state index contributed by atoms with van der Waals surface area (Å²) >= 11 is 0. The van der Waals surface area contributed by atoms with E-state index in [4.69, 9.17) is 8.74 Å². The van der Waals surface area contributed by atoms with Crippen LogP contribution in [0.5, 0.6) is 0 Å². The maximum Gasteiger partial charge on any atom is 0.397 e. The van der Waals surface area contributed by atoms with Crippen molar-refractivity contribution in [3.05, 3.63) is 0 Å². The molecule has 0 spiro atoms. The smallest absolute Gasteiger partial charge is 0.264 e. The molecule has 0 aromatic rings. The quantitative estimate of drug-likeness (QED) is 0.0579. The molecule has 1 atom stereocenters. The van der Waals surface area contributed by atoms with Gasteiger partial charge in [0.05, 0.1) is 6.61 Å². The Bertz CT molecular complexity index is 592. The number of rotatable bonds is 35. The number of hydrogen-bond acceptors (Lipinski definition) is 3. The summed E-state index contributed by atoms with van der Waals surface area (Å²) < 4.78 is 35.9. The Balaban J connectivity index is 3.62. The summed E-state index contributed by atoms with van der Waals surface area (Å²) in [5, 5.41) is 0. The SMILES string of the molecule is CCCCCCCCCCCCCCCCCCCCCC(CCCCCCCCCCCCC)COS(=O)(=O)O. The molecular weight excluding hydrogens is 528 g/mol. The van der Waals surface area contributed by atoms with E-state index < -0.39 is 10.4 Å². The molecule has 0 amide bonds. The highest BCUT2D eigenvalue weighted by Crippen LogP contribution is 2.21. The number of hydrogen-bond donors (Lipinski definition) is 1. The van der Waals surface area contributed by atoms with E-state index in [1.807, 2.05) is 0 Å². The Kier molecular flexibility index (Phi) is 32.7. The van der Waals surface area contributed by atoms with Gasteiger partial charge in [-0.2, -0.15) is 8.42 Å². The van der Waals surface area contributed by atoms with Crippen molar-refractivity contribution in [3.8, 4) is 0 Å². The standard InChI is InChI=1S/C36H74O4S/c1-3-5-7-9-11-13-15-16-17-18-19-20-21-22-24-26-28-30-32-34-36(35-40-41(37,38)39)33-31-29-27-25-23-14-12-10-8-6-4-2/h36H,3-35H2,1-2H3,(H,37,38,39). The van der Waals surface area contributed by atoms with Crippen molar-refractivity contribution in [2.45, 2.75) is 219 Å². The van der Waals surface area contributed by atoms with Crippen LogP contribution >= 0.6 is 0 Å². The average Bonchev–Trinajstić information content (AvgIpc) is 2.94. The van der Waals surface area contributed by atoms with Gasteiger partial charge >= 0.3 is 10.4 Å². The van der Waals surface area contributed by atoms with Crippen LogP contribution in [-0.4, -0.2) is 19.6 Å². The Morgan fingerprint density at radius 2 is 0.634 bits per heavy atom. The van der Waals surface area contributed by atoms with E-state index in [0.29, 0.717) is 0 Å². The first-order valence-electron chi connectivity index (χ1n) is 18.6. The van der Waals surface area contributed by atoms with Crippen molar-refractivity contribution < 1.29 is 17.2 Å². The fourth-order valence-electron chi connectivity index (χ4n) is 6.10. The van der Waals surface area contributed by atoms with Crippen LogP contribution in [0.15, 0.2) is 0 Å². The Labute approximate surface area is 258 Å². The minimum atomic E-state index is -4.34. The van der Waals surface area contributed by atoms with Crippen LogP contribution in [0.2, 0.25) is 0 Å². The predicted octanol–water partition coefficient (Wildman–Crippen LogP) is 12.9. The van der Waals surface area contributed by atoms with Gasteiger partial charge < -0.3 is 0 Å². The maximum atomic E-state index is 11.1. The first kappa shape index (κ1) is 40.9. The summed E-state index contributed by atoms with van der Waals surface area (Å²) in [7, 11) is -4.34. The third kappa shape index (κ3) is 36.0. The monoisotopic (exact) mass is 603 g/mol. The van der Waals surface area contributed by atoms with Crippen LogP contribution in [0.4, 0.5) is 0 Å². The molecule has 0 aliphatic rings. The molecule has 248 valence electrons. The molecule has 0 saturated heterocycles. The molecular formula is C36H74O4S. The number of unbranched alkanes of at least 4 members (excludes halogenated alkanes) is 28. The van der Waals surface area contributed by atoms with Crippen LogP contribution in [-0.2, 0) is 14.6 Å². The van der Waals surface area contributed by atoms with Crippen LogP contribution in [0.1, 0.15) is 219 Å². The fraction of sp³-hybridized carbons (Fsp3) is 1.00. The van der Waals surface area contributed by atoms with Crippen molar-refractivity contribution in [1.29, 1.82) is 0 Å². The predicted molar refractivity (Wildman–Crippen MR) is 180 cm³/mol. The zero-order valence-corrected chi connectivity index (χ0v) is 28.8. The van der Waals surface area contributed by atoms with E-state index in [-0.39, 0.29) is 12.5 Å². The van der Waals surface area contributed by atoms with Crippen molar-refractivity contribution in [3.63, 3.8) is 0 Å². The van der Waals surface area contributed by atoms with E-state index in [0.717, 1.165) is 25.7 Å². The van der Waals surface area contributed by atoms with E-state index >= 15 is 0 Å². The van der Waals surface area contributed by atoms with Crippen molar-refractivity contribution >= 4 is 10.4 Å². The fourth-order valence-corrected chi connectivity index (χ4v) is 6.47. The van der Waals surface area contributed by atoms with Crippen LogP contribution in [0.25, 0.3) is 0 Å². The molecule has 0 aromatic heterocycles. The highest BCUT2D eigenvalue weighted by Gasteiger charge is 2.13. The molecule has 5 heteroatoms. The summed E-state index contributed by atoms with van der Waals surface area (Å²) in [6, 6.07) is 0. The molecule has 1 unspecified atom stereocenters. The van der Waals surface area contributed by atoms with Crippen molar-refractivity contribution in [1.82, 2.24) is 0 Å². The van der Waals surface area contributed by atoms with Crippen LogP contribution < -0.4 is 0 Å². The van der Waals surface area contributed by atoms with Gasteiger partial charge in [0.15, 0.2) is 0 Å². The summed E-state index contributed by atoms with van der Waals surface area (Å²) in [5.41, 5.74) is 0. The molecule has 0 saturated carbocycles. The van der Waals surface area contributed by atoms with Gasteiger partial charge in [-0.1, -0.05) is 206 Å². The summed E-state index contributed by atoms with van der Waals surface area (Å²) in [6.07, 6.45) is 42.7. The molecule has 0 aromatic carbocycles. The maximum absolute atomic E-state index is 11.1. The first-order valence-corrected chi connectivity index (χ1v) is 20.0. The van der Waals surface area contributed by atoms with Gasteiger partial charge in [-0.15, -0.1) is 0 Å². The molecule has 0 heterocycles. The molecule has 41 heavy (non-hydrogen) atoms. The first-order chi connectivity index (χ1) is 20.0. The molecule has 1 N–H and O–H groups in total. The third-order valence-corrected chi connectivity index (χ3v) is 9.32. The highest BCUT2D eigenvalue weighted by atomic mass is 32.3. The van der Waals surface area contributed by atoms with Gasteiger partial charge in [0.25, 0.3) is 0 Å². The van der Waals surface area contributed by atoms with Gasteiger partial charge in [-0.3, -0.25) is 4.55 Å². The Hall–Kier alpha value is -0.130. The zero-order chi connectivity index (χ0) is 30.1. The molecule has 0 fully saturated rings. The van der Waals surface area contributed by atoms with Crippen molar-refractivity contribution in [2.75, 3.05) is 6.61 Å². The second-order valence-electron chi connectivity index (χ2n) is 13.1. The Morgan fingerprint density at radius 1 is 0.415 bits per heavy atom. The normalized spacial score (nSPS) is 12.8. The van der Waals surface area contributed by atoms with Gasteiger partial charge in [0, 0.05) is 0 Å². The molecule has 0 aliphatic heterocycles. The minimum absolute atomic E-state index is 0.135. The molecule has 0 radical (unpaired) electrons. The molecule has 0 aliphatic carbocycles. The lowest BCUT2D eigenvalue weighted by Gasteiger charge is -2.16. The Morgan fingerprint density at radius 3 is 0.854 bits per heavy atom. The summed E-state index contributed by atoms with van der Waals surface area (Å²) in [4.78, 5) is 0. The summed E-state index contributed by atoms with van der Waals surface area (Å²) in [5.74, 6) is 0.237. The van der Waals surface area contributed by atoms with Gasteiger partial charge in [-0.25, -0.2) is 4.18 Å². The highest BCUT2D eigenvalue weighted by molar-refractivity contribution is 7.80.